The first kappa shape index (κ1) is 27.8. The lowest BCUT2D eigenvalue weighted by molar-refractivity contribution is -0.149. The molecule has 2 rings (SSSR count). The number of rotatable bonds is 12. The van der Waals surface area contributed by atoms with Gasteiger partial charge in [-0.05, 0) is 30.7 Å². The summed E-state index contributed by atoms with van der Waals surface area (Å²) in [5.74, 6) is -3.70. The number of carbonyl (C=O) groups excluding carboxylic acids is 4. The summed E-state index contributed by atoms with van der Waals surface area (Å²) in [5, 5.41) is 14.8. The third-order valence-corrected chi connectivity index (χ3v) is 6.00. The monoisotopic (exact) mass is 489 g/mol. The van der Waals surface area contributed by atoms with E-state index in [2.05, 4.69) is 10.6 Å². The molecule has 0 saturated carbocycles. The molecule has 11 heteroatoms. The largest absolute Gasteiger partial charge is 0.480 e. The predicted molar refractivity (Wildman–Crippen MR) is 128 cm³/mol. The molecule has 1 saturated heterocycles. The number of primary amides is 1. The van der Waals surface area contributed by atoms with Gasteiger partial charge in [-0.15, -0.1) is 0 Å². The topological polar surface area (TPSA) is 185 Å². The summed E-state index contributed by atoms with van der Waals surface area (Å²) in [7, 11) is 0. The summed E-state index contributed by atoms with van der Waals surface area (Å²) >= 11 is 0. The maximum Gasteiger partial charge on any atom is 0.326 e. The molecule has 4 amide bonds. The van der Waals surface area contributed by atoms with Crippen molar-refractivity contribution >= 4 is 29.6 Å². The number of nitrogens with two attached hydrogens (primary N) is 2. The lowest BCUT2D eigenvalue weighted by atomic mass is 10.00. The van der Waals surface area contributed by atoms with E-state index >= 15 is 0 Å². The van der Waals surface area contributed by atoms with Crippen LogP contribution in [0.15, 0.2) is 30.3 Å². The maximum atomic E-state index is 13.4. The number of likely N-dealkylation sites (tertiary alicyclic amines) is 1. The van der Waals surface area contributed by atoms with Gasteiger partial charge in [0.1, 0.15) is 18.1 Å². The number of hydrogen-bond donors (Lipinski definition) is 5. The molecule has 0 aromatic heterocycles. The highest BCUT2D eigenvalue weighted by molar-refractivity contribution is 5.94. The fourth-order valence-corrected chi connectivity index (χ4v) is 4.02. The average Bonchev–Trinajstić information content (AvgIpc) is 3.30. The van der Waals surface area contributed by atoms with Gasteiger partial charge in [0.25, 0.3) is 0 Å². The van der Waals surface area contributed by atoms with Crippen molar-refractivity contribution in [3.05, 3.63) is 35.9 Å². The van der Waals surface area contributed by atoms with Gasteiger partial charge in [0.15, 0.2) is 0 Å². The van der Waals surface area contributed by atoms with Crippen LogP contribution in [-0.4, -0.2) is 70.3 Å². The second-order valence-corrected chi connectivity index (χ2v) is 9.12. The standard InChI is InChI=1S/C24H35N5O6/c1-14(2)20(28-21(31)16(25)10-11-19(26)30)22(32)27-17(13-15-7-4-3-5-8-15)23(33)29-12-6-9-18(29)24(34)35/h3-5,7-8,14,16-18,20H,6,9-13,25H2,1-2H3,(H2,26,30)(H,27,32)(H,28,31)(H,34,35). The minimum absolute atomic E-state index is 0.0360. The van der Waals surface area contributed by atoms with Gasteiger partial charge in [-0.2, -0.15) is 0 Å². The Balaban J connectivity index is 2.19. The van der Waals surface area contributed by atoms with Crippen LogP contribution in [0.3, 0.4) is 0 Å². The first-order chi connectivity index (χ1) is 16.5. The Labute approximate surface area is 204 Å². The molecule has 4 atom stereocenters. The molecule has 1 aromatic carbocycles. The third kappa shape index (κ3) is 8.06. The molecular formula is C24H35N5O6. The number of carboxylic acids is 1. The van der Waals surface area contributed by atoms with Crippen LogP contribution < -0.4 is 22.1 Å². The Bertz CT molecular complexity index is 922. The molecular weight excluding hydrogens is 454 g/mol. The quantitative estimate of drug-likeness (QED) is 0.262. The molecule has 1 aliphatic heterocycles. The molecule has 1 aromatic rings. The van der Waals surface area contributed by atoms with E-state index in [0.717, 1.165) is 5.56 Å². The smallest absolute Gasteiger partial charge is 0.326 e. The third-order valence-electron chi connectivity index (χ3n) is 6.00. The molecule has 0 spiro atoms. The highest BCUT2D eigenvalue weighted by atomic mass is 16.4. The van der Waals surface area contributed by atoms with E-state index < -0.39 is 53.8 Å². The van der Waals surface area contributed by atoms with Crippen LogP contribution in [0.5, 0.6) is 0 Å². The average molecular weight is 490 g/mol. The van der Waals surface area contributed by atoms with Gasteiger partial charge < -0.3 is 32.1 Å². The van der Waals surface area contributed by atoms with Crippen molar-refractivity contribution in [1.29, 1.82) is 0 Å². The molecule has 0 radical (unpaired) electrons. The number of benzene rings is 1. The minimum atomic E-state index is -1.09. The first-order valence-electron chi connectivity index (χ1n) is 11.7. The highest BCUT2D eigenvalue weighted by Gasteiger charge is 2.38. The number of amides is 4. The number of carbonyl (C=O) groups is 5. The normalized spacial score (nSPS) is 17.9. The van der Waals surface area contributed by atoms with Crippen LogP contribution in [0.2, 0.25) is 0 Å². The van der Waals surface area contributed by atoms with E-state index in [0.29, 0.717) is 12.8 Å². The number of carboxylic acid groups (broad SMARTS) is 1. The van der Waals surface area contributed by atoms with Gasteiger partial charge >= 0.3 is 5.97 Å². The van der Waals surface area contributed by atoms with Crippen LogP contribution in [0, 0.1) is 5.92 Å². The SMILES string of the molecule is CC(C)C(NC(=O)C(N)CCC(N)=O)C(=O)NC(Cc1ccccc1)C(=O)N1CCCC1C(=O)O. The minimum Gasteiger partial charge on any atom is -0.480 e. The molecule has 1 heterocycles. The highest BCUT2D eigenvalue weighted by Crippen LogP contribution is 2.20. The number of aliphatic carboxylic acids is 1. The summed E-state index contributed by atoms with van der Waals surface area (Å²) in [6, 6.07) is 5.06. The van der Waals surface area contributed by atoms with E-state index in [9.17, 15) is 29.1 Å². The molecule has 11 nitrogen and oxygen atoms in total. The van der Waals surface area contributed by atoms with Crippen molar-refractivity contribution in [2.45, 2.75) is 70.1 Å². The Hall–Kier alpha value is -3.47. The number of nitrogens with one attached hydrogen (secondary N) is 2. The van der Waals surface area contributed by atoms with E-state index in [1.54, 1.807) is 26.0 Å². The van der Waals surface area contributed by atoms with Crippen LogP contribution in [0.1, 0.15) is 45.1 Å². The maximum absolute atomic E-state index is 13.4. The predicted octanol–water partition coefficient (Wildman–Crippen LogP) is -0.477. The fraction of sp³-hybridized carbons (Fsp3) is 0.542. The molecule has 1 fully saturated rings. The second kappa shape index (κ2) is 12.8. The molecule has 1 aliphatic rings. The van der Waals surface area contributed by atoms with Gasteiger partial charge in [0.05, 0.1) is 6.04 Å². The molecule has 7 N–H and O–H groups in total. The van der Waals surface area contributed by atoms with Gasteiger partial charge in [-0.25, -0.2) is 4.79 Å². The Morgan fingerprint density at radius 2 is 1.74 bits per heavy atom. The van der Waals surface area contributed by atoms with Crippen molar-refractivity contribution in [2.75, 3.05) is 6.54 Å². The van der Waals surface area contributed by atoms with Crippen molar-refractivity contribution in [3.63, 3.8) is 0 Å². The molecule has 192 valence electrons. The van der Waals surface area contributed by atoms with Gasteiger partial charge in [0.2, 0.25) is 23.6 Å². The zero-order valence-corrected chi connectivity index (χ0v) is 20.1. The molecule has 0 bridgehead atoms. The van der Waals surface area contributed by atoms with Crippen LogP contribution in [0.25, 0.3) is 0 Å². The molecule has 0 aliphatic carbocycles. The van der Waals surface area contributed by atoms with Crippen LogP contribution >= 0.6 is 0 Å². The van der Waals surface area contributed by atoms with Crippen molar-refractivity contribution in [1.82, 2.24) is 15.5 Å². The number of hydrogen-bond acceptors (Lipinski definition) is 6. The summed E-state index contributed by atoms with van der Waals surface area (Å²) in [6.45, 7) is 3.75. The van der Waals surface area contributed by atoms with E-state index in [1.807, 2.05) is 18.2 Å². The summed E-state index contributed by atoms with van der Waals surface area (Å²) in [5.41, 5.74) is 11.7. The van der Waals surface area contributed by atoms with Crippen molar-refractivity contribution in [3.8, 4) is 0 Å². The Morgan fingerprint density at radius 1 is 1.09 bits per heavy atom. The lowest BCUT2D eigenvalue weighted by Crippen LogP contribution is -2.59. The number of nitrogens with zero attached hydrogens (tertiary/aromatic N) is 1. The summed E-state index contributed by atoms with van der Waals surface area (Å²) < 4.78 is 0. The second-order valence-electron chi connectivity index (χ2n) is 9.12. The summed E-state index contributed by atoms with van der Waals surface area (Å²) in [4.78, 5) is 63.0. The summed E-state index contributed by atoms with van der Waals surface area (Å²) in [6.07, 6.45) is 1.03. The molecule has 4 unspecified atom stereocenters. The van der Waals surface area contributed by atoms with Gasteiger partial charge in [0, 0.05) is 19.4 Å². The fourth-order valence-electron chi connectivity index (χ4n) is 4.02. The van der Waals surface area contributed by atoms with Crippen LogP contribution in [-0.2, 0) is 30.4 Å². The van der Waals surface area contributed by atoms with E-state index in [4.69, 9.17) is 11.5 Å². The van der Waals surface area contributed by atoms with Gasteiger partial charge in [-0.1, -0.05) is 44.2 Å². The van der Waals surface area contributed by atoms with Crippen molar-refractivity contribution in [2.24, 2.45) is 17.4 Å². The van der Waals surface area contributed by atoms with E-state index in [-0.39, 0.29) is 31.7 Å². The first-order valence-corrected chi connectivity index (χ1v) is 11.7. The Morgan fingerprint density at radius 3 is 2.31 bits per heavy atom. The van der Waals surface area contributed by atoms with E-state index in [1.165, 1.54) is 4.90 Å². The molecule has 35 heavy (non-hydrogen) atoms. The van der Waals surface area contributed by atoms with Gasteiger partial charge in [-0.3, -0.25) is 19.2 Å². The zero-order valence-electron chi connectivity index (χ0n) is 20.1. The zero-order chi connectivity index (χ0) is 26.1. The van der Waals surface area contributed by atoms with Crippen LogP contribution in [0.4, 0.5) is 0 Å². The Kier molecular flexibility index (Phi) is 10.2. The lowest BCUT2D eigenvalue weighted by Gasteiger charge is -2.30. The van der Waals surface area contributed by atoms with Crippen molar-refractivity contribution < 1.29 is 29.1 Å².